The molecule has 4 heteroatoms. The summed E-state index contributed by atoms with van der Waals surface area (Å²) in [7, 11) is 0. The predicted octanol–water partition coefficient (Wildman–Crippen LogP) is 1.51. The lowest BCUT2D eigenvalue weighted by Crippen LogP contribution is -2.68. The standard InChI is InChI=1S/C14H29N3O/c1-11-9-18-8-7-14(11,10-15)16-17-12(2)5-4-6-13(17)3/h11-13,16H,4-10,15H2,1-3H3. The number of rotatable bonds is 3. The second-order valence-electron chi connectivity index (χ2n) is 6.23. The van der Waals surface area contributed by atoms with Gasteiger partial charge in [-0.05, 0) is 33.1 Å². The molecule has 2 saturated heterocycles. The minimum atomic E-state index is 0.0259. The second kappa shape index (κ2) is 5.87. The number of hydrazine groups is 1. The molecule has 4 unspecified atom stereocenters. The number of nitrogens with zero attached hydrogens (tertiary/aromatic N) is 1. The third-order valence-electron chi connectivity index (χ3n) is 4.91. The van der Waals surface area contributed by atoms with Gasteiger partial charge in [-0.3, -0.25) is 0 Å². The van der Waals surface area contributed by atoms with Gasteiger partial charge in [-0.1, -0.05) is 13.3 Å². The summed E-state index contributed by atoms with van der Waals surface area (Å²) in [6, 6.07) is 1.21. The summed E-state index contributed by atoms with van der Waals surface area (Å²) >= 11 is 0. The highest BCUT2D eigenvalue weighted by Gasteiger charge is 2.41. The number of hydrogen-bond donors (Lipinski definition) is 2. The summed E-state index contributed by atoms with van der Waals surface area (Å²) in [6.07, 6.45) is 4.92. The molecule has 0 radical (unpaired) electrons. The highest BCUT2D eigenvalue weighted by molar-refractivity contribution is 4.96. The third-order valence-corrected chi connectivity index (χ3v) is 4.91. The van der Waals surface area contributed by atoms with Crippen molar-refractivity contribution in [2.75, 3.05) is 19.8 Å². The van der Waals surface area contributed by atoms with Crippen LogP contribution in [0.4, 0.5) is 0 Å². The topological polar surface area (TPSA) is 50.5 Å². The maximum absolute atomic E-state index is 6.09. The van der Waals surface area contributed by atoms with E-state index in [0.29, 0.717) is 24.5 Å². The van der Waals surface area contributed by atoms with Gasteiger partial charge in [0.2, 0.25) is 0 Å². The third kappa shape index (κ3) is 2.72. The van der Waals surface area contributed by atoms with Crippen LogP contribution in [0, 0.1) is 5.92 Å². The van der Waals surface area contributed by atoms with Crippen LogP contribution in [0.2, 0.25) is 0 Å². The van der Waals surface area contributed by atoms with E-state index in [2.05, 4.69) is 31.2 Å². The van der Waals surface area contributed by atoms with E-state index in [-0.39, 0.29) is 5.54 Å². The van der Waals surface area contributed by atoms with E-state index in [1.54, 1.807) is 0 Å². The van der Waals surface area contributed by atoms with E-state index in [1.165, 1.54) is 19.3 Å². The van der Waals surface area contributed by atoms with Gasteiger partial charge in [0.05, 0.1) is 12.1 Å². The summed E-state index contributed by atoms with van der Waals surface area (Å²) in [5.74, 6) is 0.470. The van der Waals surface area contributed by atoms with Crippen molar-refractivity contribution >= 4 is 0 Å². The number of nitrogens with one attached hydrogen (secondary N) is 1. The minimum Gasteiger partial charge on any atom is -0.381 e. The lowest BCUT2D eigenvalue weighted by molar-refractivity contribution is -0.0695. The second-order valence-corrected chi connectivity index (χ2v) is 6.23. The van der Waals surface area contributed by atoms with Crippen molar-refractivity contribution in [1.82, 2.24) is 10.4 Å². The first-order chi connectivity index (χ1) is 8.59. The molecule has 0 saturated carbocycles. The van der Waals surface area contributed by atoms with E-state index < -0.39 is 0 Å². The molecule has 18 heavy (non-hydrogen) atoms. The van der Waals surface area contributed by atoms with Crippen molar-refractivity contribution < 1.29 is 4.74 Å². The molecule has 2 rings (SSSR count). The molecule has 3 N–H and O–H groups in total. The molecule has 0 bridgehead atoms. The summed E-state index contributed by atoms with van der Waals surface area (Å²) in [6.45, 7) is 9.21. The Morgan fingerprint density at radius 1 is 1.28 bits per heavy atom. The lowest BCUT2D eigenvalue weighted by Gasteiger charge is -2.50. The van der Waals surface area contributed by atoms with Gasteiger partial charge in [0.15, 0.2) is 0 Å². The fourth-order valence-corrected chi connectivity index (χ4v) is 3.33. The van der Waals surface area contributed by atoms with Crippen molar-refractivity contribution in [3.63, 3.8) is 0 Å². The van der Waals surface area contributed by atoms with Crippen LogP contribution < -0.4 is 11.2 Å². The zero-order valence-electron chi connectivity index (χ0n) is 12.1. The SMILES string of the molecule is CC1CCCC(C)N1NC1(CN)CCOCC1C. The molecular formula is C14H29N3O. The van der Waals surface area contributed by atoms with E-state index in [9.17, 15) is 0 Å². The fourth-order valence-electron chi connectivity index (χ4n) is 3.33. The molecule has 0 aromatic heterocycles. The Morgan fingerprint density at radius 2 is 1.94 bits per heavy atom. The quantitative estimate of drug-likeness (QED) is 0.802. The van der Waals surface area contributed by atoms with Gasteiger partial charge in [0, 0.05) is 31.2 Å². The maximum atomic E-state index is 6.09. The molecule has 2 aliphatic rings. The van der Waals surface area contributed by atoms with Crippen molar-refractivity contribution in [3.8, 4) is 0 Å². The molecule has 0 amide bonds. The van der Waals surface area contributed by atoms with Crippen molar-refractivity contribution in [2.24, 2.45) is 11.7 Å². The van der Waals surface area contributed by atoms with Gasteiger partial charge < -0.3 is 10.5 Å². The largest absolute Gasteiger partial charge is 0.381 e. The molecule has 2 heterocycles. The molecule has 2 fully saturated rings. The first kappa shape index (κ1) is 14.3. The number of ether oxygens (including phenoxy) is 1. The zero-order valence-corrected chi connectivity index (χ0v) is 12.1. The van der Waals surface area contributed by atoms with Gasteiger partial charge in [-0.2, -0.15) is 0 Å². The van der Waals surface area contributed by atoms with Gasteiger partial charge in [0.25, 0.3) is 0 Å². The molecule has 0 aliphatic carbocycles. The van der Waals surface area contributed by atoms with Crippen LogP contribution >= 0.6 is 0 Å². The average molecular weight is 255 g/mol. The van der Waals surface area contributed by atoms with Gasteiger partial charge >= 0.3 is 0 Å². The first-order valence-electron chi connectivity index (χ1n) is 7.43. The van der Waals surface area contributed by atoms with E-state index in [1.807, 2.05) is 0 Å². The molecular weight excluding hydrogens is 226 g/mol. The Kier molecular flexibility index (Phi) is 4.64. The molecule has 4 nitrogen and oxygen atoms in total. The highest BCUT2D eigenvalue weighted by Crippen LogP contribution is 2.29. The molecule has 4 atom stereocenters. The lowest BCUT2D eigenvalue weighted by atomic mass is 9.81. The van der Waals surface area contributed by atoms with Gasteiger partial charge in [-0.15, -0.1) is 0 Å². The summed E-state index contributed by atoms with van der Waals surface area (Å²) in [5.41, 5.74) is 9.92. The molecule has 2 aliphatic heterocycles. The van der Waals surface area contributed by atoms with Crippen LogP contribution in [0.1, 0.15) is 46.5 Å². The van der Waals surface area contributed by atoms with Crippen LogP contribution in [-0.4, -0.2) is 42.4 Å². The van der Waals surface area contributed by atoms with Crippen molar-refractivity contribution in [2.45, 2.75) is 64.1 Å². The van der Waals surface area contributed by atoms with Crippen LogP contribution in [0.3, 0.4) is 0 Å². The number of hydrogen-bond acceptors (Lipinski definition) is 4. The van der Waals surface area contributed by atoms with E-state index in [0.717, 1.165) is 19.6 Å². The molecule has 0 aromatic rings. The number of piperidine rings is 1. The smallest absolute Gasteiger partial charge is 0.0517 e. The fraction of sp³-hybridized carbons (Fsp3) is 1.00. The first-order valence-corrected chi connectivity index (χ1v) is 7.43. The molecule has 106 valence electrons. The summed E-state index contributed by atoms with van der Waals surface area (Å²) in [5, 5.41) is 2.46. The predicted molar refractivity (Wildman–Crippen MR) is 74.1 cm³/mol. The molecule has 0 spiro atoms. The van der Waals surface area contributed by atoms with Crippen LogP contribution in [0.5, 0.6) is 0 Å². The monoisotopic (exact) mass is 255 g/mol. The number of nitrogens with two attached hydrogens (primary N) is 1. The molecule has 0 aromatic carbocycles. The van der Waals surface area contributed by atoms with Crippen molar-refractivity contribution in [1.29, 1.82) is 0 Å². The van der Waals surface area contributed by atoms with Gasteiger partial charge in [-0.25, -0.2) is 10.4 Å². The zero-order chi connectivity index (χ0) is 13.2. The van der Waals surface area contributed by atoms with E-state index in [4.69, 9.17) is 10.5 Å². The van der Waals surface area contributed by atoms with Crippen molar-refractivity contribution in [3.05, 3.63) is 0 Å². The maximum Gasteiger partial charge on any atom is 0.0517 e. The van der Waals surface area contributed by atoms with E-state index >= 15 is 0 Å². The Morgan fingerprint density at radius 3 is 2.50 bits per heavy atom. The van der Waals surface area contributed by atoms with Crippen LogP contribution in [0.15, 0.2) is 0 Å². The normalized spacial score (nSPS) is 43.0. The summed E-state index contributed by atoms with van der Waals surface area (Å²) < 4.78 is 5.57. The Labute approximate surface area is 111 Å². The Bertz CT molecular complexity index is 264. The average Bonchev–Trinajstić information content (AvgIpc) is 2.36. The summed E-state index contributed by atoms with van der Waals surface area (Å²) in [4.78, 5) is 0. The Balaban J connectivity index is 2.08. The van der Waals surface area contributed by atoms with Gasteiger partial charge in [0.1, 0.15) is 0 Å². The minimum absolute atomic E-state index is 0.0259. The van der Waals surface area contributed by atoms with Crippen LogP contribution in [-0.2, 0) is 4.74 Å². The Hall–Kier alpha value is -0.160. The highest BCUT2D eigenvalue weighted by atomic mass is 16.5. The van der Waals surface area contributed by atoms with Crippen LogP contribution in [0.25, 0.3) is 0 Å².